The number of rotatable bonds is 20. The first-order valence-electron chi connectivity index (χ1n) is 29.3. The first-order chi connectivity index (χ1) is 41.9. The molecule has 4 aliphatic rings. The molecule has 86 heavy (non-hydrogen) atoms. The van der Waals surface area contributed by atoms with Crippen LogP contribution >= 0.6 is 0 Å². The van der Waals surface area contributed by atoms with E-state index in [1.54, 1.807) is 13.8 Å². The van der Waals surface area contributed by atoms with Crippen LogP contribution in [0, 0.1) is 0 Å². The molecule has 4 aliphatic heterocycles. The molecule has 25 heteroatoms. The lowest BCUT2D eigenvalue weighted by atomic mass is 9.91. The van der Waals surface area contributed by atoms with Crippen molar-refractivity contribution in [2.45, 2.75) is 99.7 Å². The summed E-state index contributed by atoms with van der Waals surface area (Å²) in [6.45, 7) is 6.64. The van der Waals surface area contributed by atoms with E-state index in [1.807, 2.05) is 82.6 Å². The number of likely N-dealkylation sites (N-methyl/N-ethyl adjacent to an activating group) is 2. The van der Waals surface area contributed by atoms with E-state index in [2.05, 4.69) is 80.4 Å². The summed E-state index contributed by atoms with van der Waals surface area (Å²) >= 11 is 0. The first-order valence-corrected chi connectivity index (χ1v) is 29.3. The second-order valence-electron chi connectivity index (χ2n) is 22.0. The summed E-state index contributed by atoms with van der Waals surface area (Å²) in [5.74, 6) is 0.229. The van der Waals surface area contributed by atoms with Gasteiger partial charge in [0.2, 0.25) is 11.9 Å². The molecule has 4 saturated heterocycles. The number of aliphatic hydroxyl groups excluding tert-OH is 4. The smallest absolute Gasteiger partial charge is 0.315 e. The molecule has 8 aromatic rings. The van der Waals surface area contributed by atoms with Gasteiger partial charge in [-0.1, -0.05) is 121 Å². The Hall–Kier alpha value is -8.85. The van der Waals surface area contributed by atoms with Gasteiger partial charge in [-0.15, -0.1) is 0 Å². The number of hydrogen-bond donors (Lipinski definition) is 10. The number of nitrogens with zero attached hydrogens (tertiary/aromatic N) is 10. The Morgan fingerprint density at radius 2 is 0.884 bits per heavy atom. The maximum Gasteiger partial charge on any atom is 0.315 e. The first kappa shape index (κ1) is 57.6. The molecule has 25 nitrogen and oxygen atoms in total. The molecule has 4 fully saturated rings. The Labute approximate surface area is 495 Å². The monoisotopic (exact) mass is 1170 g/mol. The fraction of sp³-hybridized carbons (Fsp3) is 0.393. The molecule has 0 saturated carbocycles. The highest BCUT2D eigenvalue weighted by atomic mass is 16.6. The average Bonchev–Trinajstić information content (AvgIpc) is 2.95. The standard InChI is InChI=1S/C61H70N16O9/c1-3-62-55(82)49-45(78)47(80)57(85-49)76-33-66-43-51(64-29-41(35-17-9-5-10-18-35)36-19-11-6-12-20-36)70-59(72-53(43)76)74-27-25-39(31-74)68-61(84)69-40-26-28-75(32-40)60-71-52(65-30-42(37-21-13-7-14-22-37)38-23-15-8-16-24-38)44-54(73-60)77(34-67-44)58-48(81)46(79)50(86-58)56(83)63-4-2/h5-24,33-34,39-42,45-50,57-58,78-81H,3-4,25-32H2,1-2H3,(H,62,82)(H,63,83)(H,64,70,72)(H,65,71,73)(H2,68,69,84)/t39-,40+,45-,46-,47+,48+,49-,50+,57+,58-/m0/s1. The zero-order valence-corrected chi connectivity index (χ0v) is 47.5. The molecule has 4 aromatic heterocycles. The van der Waals surface area contributed by atoms with E-state index in [-0.39, 0.29) is 30.0 Å². The van der Waals surface area contributed by atoms with E-state index in [0.29, 0.717) is 111 Å². The molecule has 0 aliphatic carbocycles. The van der Waals surface area contributed by atoms with Crippen LogP contribution in [0.5, 0.6) is 0 Å². The number of anilines is 4. The van der Waals surface area contributed by atoms with Crippen molar-refractivity contribution in [2.75, 3.05) is 72.8 Å². The lowest BCUT2D eigenvalue weighted by molar-refractivity contribution is -0.138. The number of benzene rings is 4. The molecule has 0 bridgehead atoms. The number of urea groups is 1. The van der Waals surface area contributed by atoms with Crippen LogP contribution < -0.4 is 41.7 Å². The number of ether oxygens (including phenoxy) is 2. The third kappa shape index (κ3) is 11.8. The Morgan fingerprint density at radius 3 is 1.23 bits per heavy atom. The van der Waals surface area contributed by atoms with Crippen molar-refractivity contribution in [1.29, 1.82) is 0 Å². The predicted octanol–water partition coefficient (Wildman–Crippen LogP) is 3.12. The largest absolute Gasteiger partial charge is 0.387 e. The molecular weight excluding hydrogens is 1100 g/mol. The van der Waals surface area contributed by atoms with Crippen LogP contribution in [-0.2, 0) is 19.1 Å². The van der Waals surface area contributed by atoms with E-state index < -0.39 is 60.9 Å². The van der Waals surface area contributed by atoms with Crippen LogP contribution in [0.2, 0.25) is 0 Å². The minimum Gasteiger partial charge on any atom is -0.387 e. The number of aliphatic hydroxyl groups is 4. The summed E-state index contributed by atoms with van der Waals surface area (Å²) in [5.41, 5.74) is 5.73. The lowest BCUT2D eigenvalue weighted by Gasteiger charge is -2.22. The van der Waals surface area contributed by atoms with E-state index in [0.717, 1.165) is 22.3 Å². The number of aromatic nitrogens is 8. The molecule has 10 atom stereocenters. The minimum absolute atomic E-state index is 0.0800. The number of carbonyl (C=O) groups is 3. The number of amides is 4. The lowest BCUT2D eigenvalue weighted by Crippen LogP contribution is -2.48. The highest BCUT2D eigenvalue weighted by molar-refractivity contribution is 5.87. The highest BCUT2D eigenvalue weighted by Crippen LogP contribution is 2.37. The van der Waals surface area contributed by atoms with E-state index in [9.17, 15) is 34.8 Å². The van der Waals surface area contributed by atoms with Crippen molar-refractivity contribution in [2.24, 2.45) is 0 Å². The third-order valence-electron chi connectivity index (χ3n) is 16.4. The maximum absolute atomic E-state index is 14.0. The van der Waals surface area contributed by atoms with Gasteiger partial charge in [-0.2, -0.15) is 19.9 Å². The van der Waals surface area contributed by atoms with E-state index in [4.69, 9.17) is 39.4 Å². The summed E-state index contributed by atoms with van der Waals surface area (Å²) in [5, 5.41) is 63.5. The van der Waals surface area contributed by atoms with Gasteiger partial charge in [0.1, 0.15) is 24.4 Å². The van der Waals surface area contributed by atoms with E-state index >= 15 is 0 Å². The van der Waals surface area contributed by atoms with Crippen LogP contribution in [0.4, 0.5) is 28.3 Å². The van der Waals surface area contributed by atoms with Crippen molar-refractivity contribution >= 4 is 63.7 Å². The second-order valence-corrected chi connectivity index (χ2v) is 22.0. The number of fused-ring (bicyclic) bond motifs is 2. The Bertz CT molecular complexity index is 3330. The molecule has 12 rings (SSSR count). The number of hydrogen-bond acceptors (Lipinski definition) is 19. The van der Waals surface area contributed by atoms with E-state index in [1.165, 1.54) is 21.8 Å². The van der Waals surface area contributed by atoms with Gasteiger partial charge in [-0.25, -0.2) is 14.8 Å². The van der Waals surface area contributed by atoms with Crippen molar-refractivity contribution in [1.82, 2.24) is 60.3 Å². The number of carbonyl (C=O) groups excluding carboxylic acids is 3. The molecule has 0 spiro atoms. The summed E-state index contributed by atoms with van der Waals surface area (Å²) in [7, 11) is 0. The summed E-state index contributed by atoms with van der Waals surface area (Å²) in [6, 6.07) is 39.6. The van der Waals surface area contributed by atoms with Crippen LogP contribution in [0.1, 0.15) is 73.2 Å². The molecule has 4 aromatic carbocycles. The van der Waals surface area contributed by atoms with Crippen molar-refractivity contribution in [3.8, 4) is 0 Å². The van der Waals surface area contributed by atoms with Gasteiger partial charge in [0.25, 0.3) is 11.8 Å². The second kappa shape index (κ2) is 25.4. The molecule has 8 heterocycles. The van der Waals surface area contributed by atoms with Gasteiger partial charge in [0, 0.05) is 76.3 Å². The van der Waals surface area contributed by atoms with Crippen LogP contribution in [0.15, 0.2) is 134 Å². The van der Waals surface area contributed by atoms with Gasteiger partial charge < -0.3 is 71.6 Å². The fourth-order valence-electron chi connectivity index (χ4n) is 12.0. The normalized spacial score (nSPS) is 23.8. The maximum atomic E-state index is 14.0. The van der Waals surface area contributed by atoms with Crippen molar-refractivity contribution in [3.05, 3.63) is 156 Å². The number of nitrogens with one attached hydrogen (secondary N) is 6. The van der Waals surface area contributed by atoms with Gasteiger partial charge in [-0.3, -0.25) is 18.7 Å². The van der Waals surface area contributed by atoms with Gasteiger partial charge in [0.05, 0.1) is 12.7 Å². The van der Waals surface area contributed by atoms with Gasteiger partial charge in [0.15, 0.2) is 58.6 Å². The van der Waals surface area contributed by atoms with Gasteiger partial charge in [-0.05, 0) is 48.9 Å². The quantitative estimate of drug-likeness (QED) is 0.0524. The third-order valence-corrected chi connectivity index (χ3v) is 16.4. The average molecular weight is 1170 g/mol. The Balaban J connectivity index is 0.767. The molecule has 0 radical (unpaired) electrons. The summed E-state index contributed by atoms with van der Waals surface area (Å²) in [6.07, 6.45) is -7.03. The molecule has 448 valence electrons. The number of imidazole rings is 2. The predicted molar refractivity (Wildman–Crippen MR) is 319 cm³/mol. The highest BCUT2D eigenvalue weighted by Gasteiger charge is 2.49. The summed E-state index contributed by atoms with van der Waals surface area (Å²) in [4.78, 5) is 73.2. The fourth-order valence-corrected chi connectivity index (χ4v) is 12.0. The minimum atomic E-state index is -1.52. The topological polar surface area (TPSA) is 316 Å². The Kier molecular flexibility index (Phi) is 17.0. The SMILES string of the molecule is CCNC(=O)[C@H]1O[C@@H](n2cnc3c(NCC(c4ccccc4)c4ccccc4)nc(N4CC[C@H](NC(=O)N[C@@H]5CCN(c6nc(NCC(c7ccccc7)c7ccccc7)c7ncn([C@H]8O[C@@H](C(=O)NCC)[C@@H](O)[C@H]8O)c7n6)C5)C4)nc32)[C@H](O)[C@@H]1O. The van der Waals surface area contributed by atoms with Crippen LogP contribution in [-0.4, -0.2) is 178 Å². The van der Waals surface area contributed by atoms with Crippen LogP contribution in [0.25, 0.3) is 22.3 Å². The van der Waals surface area contributed by atoms with Crippen molar-refractivity contribution in [3.63, 3.8) is 0 Å². The molecule has 4 amide bonds. The Morgan fingerprint density at radius 1 is 0.523 bits per heavy atom. The van der Waals surface area contributed by atoms with Crippen molar-refractivity contribution < 1.29 is 44.3 Å². The molecular formula is C61H70N16O9. The zero-order valence-electron chi connectivity index (χ0n) is 47.5. The summed E-state index contributed by atoms with van der Waals surface area (Å²) < 4.78 is 15.1. The zero-order chi connectivity index (χ0) is 59.4. The van der Waals surface area contributed by atoms with Crippen LogP contribution in [0.3, 0.4) is 0 Å². The molecule has 0 unspecified atom stereocenters. The van der Waals surface area contributed by atoms with Gasteiger partial charge >= 0.3 is 6.03 Å². The molecule has 10 N–H and O–H groups in total.